The fourth-order valence-electron chi connectivity index (χ4n) is 2.21. The highest BCUT2D eigenvalue weighted by Gasteiger charge is 2.13. The van der Waals surface area contributed by atoms with E-state index in [1.165, 1.54) is 35.6 Å². The maximum atomic E-state index is 12.1. The summed E-state index contributed by atoms with van der Waals surface area (Å²) in [4.78, 5) is 16.3. The largest absolute Gasteiger partial charge is 0.490 e. The van der Waals surface area contributed by atoms with Gasteiger partial charge in [0, 0.05) is 16.0 Å². The van der Waals surface area contributed by atoms with Gasteiger partial charge in [0.05, 0.1) is 4.90 Å². The van der Waals surface area contributed by atoms with Crippen LogP contribution in [-0.4, -0.2) is 32.6 Å². The van der Waals surface area contributed by atoms with E-state index in [1.54, 1.807) is 17.5 Å². The van der Waals surface area contributed by atoms with Crippen LogP contribution >= 0.6 is 22.9 Å². The predicted octanol–water partition coefficient (Wildman–Crippen LogP) is 3.35. The first-order valence-corrected chi connectivity index (χ1v) is 10.8. The number of nitrogens with two attached hydrogens (primary N) is 1. The molecule has 0 fully saturated rings. The van der Waals surface area contributed by atoms with Crippen LogP contribution in [0, 0.1) is 0 Å². The summed E-state index contributed by atoms with van der Waals surface area (Å²) < 4.78 is 32.9. The van der Waals surface area contributed by atoms with Crippen LogP contribution in [-0.2, 0) is 14.8 Å². The molecule has 2 aromatic carbocycles. The number of ether oxygens (including phenoxy) is 2. The summed E-state index contributed by atoms with van der Waals surface area (Å²) in [5.41, 5.74) is 1.03. The molecule has 1 heterocycles. The van der Waals surface area contributed by atoms with Crippen molar-refractivity contribution in [3.05, 3.63) is 64.6 Å². The maximum absolute atomic E-state index is 12.1. The number of thiazole rings is 1. The van der Waals surface area contributed by atoms with Crippen LogP contribution in [0.3, 0.4) is 0 Å². The minimum absolute atomic E-state index is 0.00897. The molecule has 1 aromatic heterocycles. The normalized spacial score (nSPS) is 11.2. The zero-order valence-corrected chi connectivity index (χ0v) is 16.8. The molecule has 0 saturated heterocycles. The average Bonchev–Trinajstić information content (AvgIpc) is 3.15. The third-order valence-electron chi connectivity index (χ3n) is 3.52. The molecule has 10 heteroatoms. The number of primary sulfonamides is 1. The highest BCUT2D eigenvalue weighted by Crippen LogP contribution is 2.26. The van der Waals surface area contributed by atoms with Crippen molar-refractivity contribution >= 4 is 38.9 Å². The van der Waals surface area contributed by atoms with Gasteiger partial charge in [0.15, 0.2) is 5.69 Å². The minimum atomic E-state index is -3.75. The molecule has 0 unspecified atom stereocenters. The fourth-order valence-corrected chi connectivity index (χ4v) is 3.71. The summed E-state index contributed by atoms with van der Waals surface area (Å²) in [6.07, 6.45) is 0. The SMILES string of the molecule is NS(=O)(=O)c1ccc(OCCOC(=O)c2csc(-c3cccc(Cl)c3)n2)cc1. The topological polar surface area (TPSA) is 109 Å². The van der Waals surface area contributed by atoms with E-state index in [-0.39, 0.29) is 23.8 Å². The molecule has 0 aliphatic heterocycles. The Kier molecular flexibility index (Phi) is 6.30. The van der Waals surface area contributed by atoms with Gasteiger partial charge in [-0.2, -0.15) is 0 Å². The first-order chi connectivity index (χ1) is 13.3. The summed E-state index contributed by atoms with van der Waals surface area (Å²) in [5.74, 6) is -0.127. The Labute approximate surface area is 170 Å². The monoisotopic (exact) mass is 438 g/mol. The molecule has 0 aliphatic carbocycles. The summed E-state index contributed by atoms with van der Waals surface area (Å²) in [6.45, 7) is 0.117. The smallest absolute Gasteiger partial charge is 0.357 e. The van der Waals surface area contributed by atoms with Crippen LogP contribution in [0.25, 0.3) is 10.6 Å². The molecule has 0 radical (unpaired) electrons. The molecule has 0 atom stereocenters. The van der Waals surface area contributed by atoms with E-state index in [2.05, 4.69) is 4.98 Å². The lowest BCUT2D eigenvalue weighted by Gasteiger charge is -2.07. The van der Waals surface area contributed by atoms with Crippen molar-refractivity contribution in [2.24, 2.45) is 5.14 Å². The molecule has 146 valence electrons. The van der Waals surface area contributed by atoms with Gasteiger partial charge in [-0.15, -0.1) is 11.3 Å². The second-order valence-corrected chi connectivity index (χ2v) is 8.41. The molecule has 0 aliphatic rings. The van der Waals surface area contributed by atoms with Crippen molar-refractivity contribution in [1.82, 2.24) is 4.98 Å². The number of hydrogen-bond donors (Lipinski definition) is 1. The zero-order valence-electron chi connectivity index (χ0n) is 14.4. The Morgan fingerprint density at radius 1 is 1.14 bits per heavy atom. The number of carbonyl (C=O) groups is 1. The van der Waals surface area contributed by atoms with E-state index >= 15 is 0 Å². The Morgan fingerprint density at radius 2 is 1.89 bits per heavy atom. The maximum Gasteiger partial charge on any atom is 0.357 e. The lowest BCUT2D eigenvalue weighted by atomic mass is 10.2. The molecule has 0 bridgehead atoms. The Bertz CT molecular complexity index is 1080. The minimum Gasteiger partial charge on any atom is -0.490 e. The van der Waals surface area contributed by atoms with Crippen LogP contribution in [0.15, 0.2) is 58.8 Å². The molecular weight excluding hydrogens is 424 g/mol. The number of sulfonamides is 1. The molecule has 0 spiro atoms. The van der Waals surface area contributed by atoms with E-state index in [0.29, 0.717) is 15.8 Å². The van der Waals surface area contributed by atoms with Gasteiger partial charge >= 0.3 is 5.97 Å². The first-order valence-electron chi connectivity index (χ1n) is 7.97. The molecular formula is C18H15ClN2O5S2. The Morgan fingerprint density at radius 3 is 2.57 bits per heavy atom. The molecule has 0 amide bonds. The number of halogens is 1. The van der Waals surface area contributed by atoms with Gasteiger partial charge in [-0.25, -0.2) is 23.3 Å². The number of aromatic nitrogens is 1. The summed E-state index contributed by atoms with van der Waals surface area (Å²) >= 11 is 7.28. The summed E-state index contributed by atoms with van der Waals surface area (Å²) in [6, 6.07) is 12.8. The summed E-state index contributed by atoms with van der Waals surface area (Å²) in [7, 11) is -3.75. The van der Waals surface area contributed by atoms with Crippen LogP contribution in [0.4, 0.5) is 0 Å². The van der Waals surface area contributed by atoms with E-state index in [4.69, 9.17) is 26.2 Å². The van der Waals surface area contributed by atoms with Gasteiger partial charge in [0.2, 0.25) is 10.0 Å². The van der Waals surface area contributed by atoms with Crippen LogP contribution in [0.2, 0.25) is 5.02 Å². The number of benzene rings is 2. The number of nitrogens with zero attached hydrogens (tertiary/aromatic N) is 1. The van der Waals surface area contributed by atoms with Crippen LogP contribution in [0.1, 0.15) is 10.5 Å². The lowest BCUT2D eigenvalue weighted by molar-refractivity contribution is 0.0444. The third-order valence-corrected chi connectivity index (χ3v) is 5.58. The van der Waals surface area contributed by atoms with E-state index < -0.39 is 16.0 Å². The van der Waals surface area contributed by atoms with Crippen molar-refractivity contribution in [3.63, 3.8) is 0 Å². The van der Waals surface area contributed by atoms with E-state index in [0.717, 1.165) is 5.56 Å². The fraction of sp³-hybridized carbons (Fsp3) is 0.111. The van der Waals surface area contributed by atoms with Crippen molar-refractivity contribution in [2.45, 2.75) is 4.90 Å². The Balaban J connectivity index is 1.50. The van der Waals surface area contributed by atoms with Crippen LogP contribution in [0.5, 0.6) is 5.75 Å². The standard InChI is InChI=1S/C18H15ClN2O5S2/c19-13-3-1-2-12(10-13)17-21-16(11-27-17)18(22)26-9-8-25-14-4-6-15(7-5-14)28(20,23)24/h1-7,10-11H,8-9H2,(H2,20,23,24). The molecule has 7 nitrogen and oxygen atoms in total. The molecule has 3 rings (SSSR count). The van der Waals surface area contributed by atoms with Gasteiger partial charge in [0.1, 0.15) is 24.0 Å². The third kappa shape index (κ3) is 5.29. The Hall–Kier alpha value is -2.46. The zero-order chi connectivity index (χ0) is 20.1. The first kappa shape index (κ1) is 20.3. The van der Waals surface area contributed by atoms with Crippen molar-refractivity contribution in [2.75, 3.05) is 13.2 Å². The van der Waals surface area contributed by atoms with Gasteiger partial charge < -0.3 is 9.47 Å². The van der Waals surface area contributed by atoms with Crippen molar-refractivity contribution < 1.29 is 22.7 Å². The highest BCUT2D eigenvalue weighted by atomic mass is 35.5. The molecule has 2 N–H and O–H groups in total. The van der Waals surface area contributed by atoms with Gasteiger partial charge in [-0.1, -0.05) is 23.7 Å². The van der Waals surface area contributed by atoms with E-state index in [9.17, 15) is 13.2 Å². The van der Waals surface area contributed by atoms with Gasteiger partial charge in [-0.05, 0) is 36.4 Å². The number of esters is 1. The summed E-state index contributed by atoms with van der Waals surface area (Å²) in [5, 5.41) is 7.90. The second kappa shape index (κ2) is 8.70. The molecule has 3 aromatic rings. The van der Waals surface area contributed by atoms with Crippen molar-refractivity contribution in [1.29, 1.82) is 0 Å². The van der Waals surface area contributed by atoms with Crippen LogP contribution < -0.4 is 9.88 Å². The predicted molar refractivity (Wildman–Crippen MR) is 106 cm³/mol. The lowest BCUT2D eigenvalue weighted by Crippen LogP contribution is -2.13. The second-order valence-electron chi connectivity index (χ2n) is 5.55. The quantitative estimate of drug-likeness (QED) is 0.447. The molecule has 28 heavy (non-hydrogen) atoms. The molecule has 0 saturated carbocycles. The number of rotatable bonds is 7. The van der Waals surface area contributed by atoms with E-state index in [1.807, 2.05) is 12.1 Å². The van der Waals surface area contributed by atoms with Gasteiger partial charge in [0.25, 0.3) is 0 Å². The van der Waals surface area contributed by atoms with Crippen molar-refractivity contribution in [3.8, 4) is 16.3 Å². The van der Waals surface area contributed by atoms with Gasteiger partial charge in [-0.3, -0.25) is 0 Å². The highest BCUT2D eigenvalue weighted by molar-refractivity contribution is 7.89. The number of carbonyl (C=O) groups excluding carboxylic acids is 1. The number of hydrogen-bond acceptors (Lipinski definition) is 7. The average molecular weight is 439 g/mol.